The number of aromatic nitrogens is 4. The van der Waals surface area contributed by atoms with Crippen molar-refractivity contribution in [2.75, 3.05) is 0 Å². The summed E-state index contributed by atoms with van der Waals surface area (Å²) >= 11 is 0. The zero-order chi connectivity index (χ0) is 29.7. The summed E-state index contributed by atoms with van der Waals surface area (Å²) in [5.74, 6) is 0. The third-order valence-corrected chi connectivity index (χ3v) is 8.15. The van der Waals surface area contributed by atoms with Crippen LogP contribution in [0.3, 0.4) is 0 Å². The Kier molecular flexibility index (Phi) is 8.85. The van der Waals surface area contributed by atoms with E-state index in [2.05, 4.69) is 10.2 Å². The molecule has 3 aromatic heterocycles. The molecular weight excluding hydrogens is 574 g/mol. The monoisotopic (exact) mass is 604 g/mol. The van der Waals surface area contributed by atoms with Crippen LogP contribution < -0.4 is 9.13 Å². The van der Waals surface area contributed by atoms with Crippen LogP contribution in [0.15, 0.2) is 110 Å². The van der Waals surface area contributed by atoms with Crippen molar-refractivity contribution >= 4 is 15.2 Å². The van der Waals surface area contributed by atoms with E-state index in [9.17, 15) is 9.13 Å². The second-order valence-electron chi connectivity index (χ2n) is 10.1. The molecule has 0 aliphatic rings. The molecule has 0 fully saturated rings. The fourth-order valence-electron chi connectivity index (χ4n) is 4.50. The normalized spacial score (nSPS) is 11.9. The molecule has 0 unspecified atom stereocenters. The SMILES string of the molecule is O=P(O)(O)Cc1ccc(C[n+]2ccc(-c3ccc(-c4cc[n+](Cc5ccc(CP(=O)(O)O)cc5)cc4)nn3)cc2)cc1. The van der Waals surface area contributed by atoms with Gasteiger partial charge in [0.1, 0.15) is 0 Å². The van der Waals surface area contributed by atoms with E-state index < -0.39 is 15.2 Å². The molecule has 4 N–H and O–H groups in total. The molecular formula is C30H30N4O6P2+2. The van der Waals surface area contributed by atoms with Crippen LogP contribution in [0.1, 0.15) is 22.3 Å². The van der Waals surface area contributed by atoms with E-state index in [1.807, 2.05) is 94.6 Å². The van der Waals surface area contributed by atoms with Gasteiger partial charge < -0.3 is 19.6 Å². The van der Waals surface area contributed by atoms with Crippen molar-refractivity contribution in [3.8, 4) is 22.5 Å². The molecule has 0 bridgehead atoms. The van der Waals surface area contributed by atoms with Gasteiger partial charge in [-0.3, -0.25) is 9.13 Å². The largest absolute Gasteiger partial charge is 0.329 e. The van der Waals surface area contributed by atoms with E-state index in [1.54, 1.807) is 24.3 Å². The lowest BCUT2D eigenvalue weighted by Gasteiger charge is -2.05. The lowest BCUT2D eigenvalue weighted by atomic mass is 10.1. The molecule has 0 amide bonds. The molecule has 0 aliphatic heterocycles. The third kappa shape index (κ3) is 8.57. The first-order valence-corrected chi connectivity index (χ1v) is 16.7. The topological polar surface area (TPSA) is 149 Å². The summed E-state index contributed by atoms with van der Waals surface area (Å²) in [6.07, 6.45) is 7.29. The Bertz CT molecular complexity index is 1600. The molecule has 0 saturated carbocycles. The van der Waals surface area contributed by atoms with E-state index in [1.165, 1.54) is 0 Å². The van der Waals surface area contributed by atoms with E-state index in [0.717, 1.165) is 33.6 Å². The summed E-state index contributed by atoms with van der Waals surface area (Å²) in [6, 6.07) is 26.2. The van der Waals surface area contributed by atoms with Crippen molar-refractivity contribution in [3.63, 3.8) is 0 Å². The summed E-state index contributed by atoms with van der Waals surface area (Å²) in [5, 5.41) is 8.83. The zero-order valence-corrected chi connectivity index (χ0v) is 24.3. The minimum atomic E-state index is -4.08. The molecule has 12 heteroatoms. The second kappa shape index (κ2) is 12.5. The van der Waals surface area contributed by atoms with Crippen LogP contribution in [-0.2, 0) is 34.5 Å². The number of nitrogens with zero attached hydrogens (tertiary/aromatic N) is 4. The maximum Gasteiger partial charge on any atom is 0.329 e. The molecule has 42 heavy (non-hydrogen) atoms. The summed E-state index contributed by atoms with van der Waals surface area (Å²) in [4.78, 5) is 36.5. The predicted octanol–water partition coefficient (Wildman–Crippen LogP) is 3.84. The molecule has 2 aromatic carbocycles. The quantitative estimate of drug-likeness (QED) is 0.139. The van der Waals surface area contributed by atoms with Gasteiger partial charge in [0.05, 0.1) is 23.7 Å². The fraction of sp³-hybridized carbons (Fsp3) is 0.133. The van der Waals surface area contributed by atoms with E-state index >= 15 is 0 Å². The minimum Gasteiger partial charge on any atom is -0.324 e. The molecule has 0 aliphatic carbocycles. The number of rotatable bonds is 10. The molecule has 0 radical (unpaired) electrons. The highest BCUT2D eigenvalue weighted by molar-refractivity contribution is 7.51. The van der Waals surface area contributed by atoms with Crippen molar-refractivity contribution in [3.05, 3.63) is 132 Å². The number of hydrogen-bond donors (Lipinski definition) is 4. The van der Waals surface area contributed by atoms with Crippen molar-refractivity contribution in [1.82, 2.24) is 10.2 Å². The average Bonchev–Trinajstić information content (AvgIpc) is 2.95. The van der Waals surface area contributed by atoms with Crippen molar-refractivity contribution in [1.29, 1.82) is 0 Å². The molecule has 10 nitrogen and oxygen atoms in total. The second-order valence-corrected chi connectivity index (χ2v) is 13.4. The summed E-state index contributed by atoms with van der Waals surface area (Å²) in [6.45, 7) is 1.24. The highest BCUT2D eigenvalue weighted by Gasteiger charge is 2.15. The van der Waals surface area contributed by atoms with Gasteiger partial charge in [0.25, 0.3) is 0 Å². The number of hydrogen-bond acceptors (Lipinski definition) is 4. The predicted molar refractivity (Wildman–Crippen MR) is 156 cm³/mol. The first-order valence-electron chi connectivity index (χ1n) is 13.1. The molecule has 214 valence electrons. The van der Waals surface area contributed by atoms with Gasteiger partial charge in [-0.1, -0.05) is 48.5 Å². The smallest absolute Gasteiger partial charge is 0.324 e. The Morgan fingerprint density at radius 2 is 0.786 bits per heavy atom. The van der Waals surface area contributed by atoms with Gasteiger partial charge in [-0.05, 0) is 23.3 Å². The fourth-order valence-corrected chi connectivity index (χ4v) is 5.88. The Balaban J connectivity index is 1.18. The summed E-state index contributed by atoms with van der Waals surface area (Å²) in [7, 11) is -8.16. The maximum atomic E-state index is 11.2. The van der Waals surface area contributed by atoms with Gasteiger partial charge in [0, 0.05) is 46.5 Å². The van der Waals surface area contributed by atoms with Crippen LogP contribution in [-0.4, -0.2) is 29.8 Å². The van der Waals surface area contributed by atoms with E-state index in [-0.39, 0.29) is 12.3 Å². The number of pyridine rings is 2. The minimum absolute atomic E-state index is 0.262. The zero-order valence-electron chi connectivity index (χ0n) is 22.5. The Hall–Kier alpha value is -3.88. The average molecular weight is 605 g/mol. The lowest BCUT2D eigenvalue weighted by Crippen LogP contribution is -2.33. The van der Waals surface area contributed by atoms with Crippen LogP contribution in [0.2, 0.25) is 0 Å². The molecule has 3 heterocycles. The van der Waals surface area contributed by atoms with Gasteiger partial charge in [-0.2, -0.15) is 0 Å². The summed E-state index contributed by atoms with van der Waals surface area (Å²) in [5.41, 5.74) is 6.62. The Morgan fingerprint density at radius 3 is 1.07 bits per heavy atom. The van der Waals surface area contributed by atoms with Crippen LogP contribution in [0, 0.1) is 0 Å². The van der Waals surface area contributed by atoms with Gasteiger partial charge in [0.15, 0.2) is 37.9 Å². The standard InChI is InChI=1S/C30H28N4O6P2/c35-41(36,37)21-25-5-1-23(2-6-25)19-33-15-11-27(12-16-33)29-9-10-30(32-31-29)28-13-17-34(18-14-28)20-24-3-7-26(8-4-24)22-42(38,39)40/h1-18H,19-22H2,(H2-2,35,36,37,38,39,40)/p+2. The van der Waals surface area contributed by atoms with Crippen molar-refractivity contribution in [2.24, 2.45) is 0 Å². The lowest BCUT2D eigenvalue weighted by molar-refractivity contribution is -0.688. The van der Waals surface area contributed by atoms with E-state index in [4.69, 9.17) is 19.6 Å². The van der Waals surface area contributed by atoms with Crippen molar-refractivity contribution in [2.45, 2.75) is 25.4 Å². The van der Waals surface area contributed by atoms with Crippen LogP contribution >= 0.6 is 15.2 Å². The van der Waals surface area contributed by atoms with Crippen LogP contribution in [0.25, 0.3) is 22.5 Å². The Labute approximate surface area is 242 Å². The van der Waals surface area contributed by atoms with Crippen LogP contribution in [0.4, 0.5) is 0 Å². The molecule has 0 atom stereocenters. The Morgan fingerprint density at radius 1 is 0.476 bits per heavy atom. The van der Waals surface area contributed by atoms with Gasteiger partial charge in [-0.25, -0.2) is 9.13 Å². The van der Waals surface area contributed by atoms with Gasteiger partial charge in [0.2, 0.25) is 0 Å². The van der Waals surface area contributed by atoms with E-state index in [0.29, 0.717) is 24.2 Å². The van der Waals surface area contributed by atoms with Gasteiger partial charge in [-0.15, -0.1) is 10.2 Å². The van der Waals surface area contributed by atoms with Crippen molar-refractivity contribution < 1.29 is 37.8 Å². The highest BCUT2D eigenvalue weighted by atomic mass is 31.2. The third-order valence-electron chi connectivity index (χ3n) is 6.59. The molecule has 0 saturated heterocycles. The number of benzene rings is 2. The molecule has 5 aromatic rings. The van der Waals surface area contributed by atoms with Crippen LogP contribution in [0.5, 0.6) is 0 Å². The summed E-state index contributed by atoms with van der Waals surface area (Å²) < 4.78 is 26.4. The molecule has 5 rings (SSSR count). The molecule has 0 spiro atoms. The first kappa shape index (κ1) is 29.6. The van der Waals surface area contributed by atoms with Gasteiger partial charge >= 0.3 is 15.2 Å². The highest BCUT2D eigenvalue weighted by Crippen LogP contribution is 2.39. The maximum absolute atomic E-state index is 11.2. The first-order chi connectivity index (χ1) is 20.0.